The Kier molecular flexibility index (Phi) is 7.15. The van der Waals surface area contributed by atoms with E-state index in [-0.39, 0.29) is 11.9 Å². The van der Waals surface area contributed by atoms with Crippen LogP contribution in [0, 0.1) is 0 Å². The maximum Gasteiger partial charge on any atom is 0.226 e. The highest BCUT2D eigenvalue weighted by Gasteiger charge is 2.06. The molecule has 0 aliphatic rings. The van der Waals surface area contributed by atoms with Crippen LogP contribution < -0.4 is 10.6 Å². The van der Waals surface area contributed by atoms with Crippen LogP contribution in [0.25, 0.3) is 0 Å². The summed E-state index contributed by atoms with van der Waals surface area (Å²) in [7, 11) is 0. The standard InChI is InChI=1S/C15H24N2O2/c1-4-16-12(3)13-7-6-8-14(11-13)17-15(18)9-10-19-5-2/h6-8,11-12,16H,4-5,9-10H2,1-3H3,(H,17,18). The molecular formula is C15H24N2O2. The van der Waals surface area contributed by atoms with Crippen molar-refractivity contribution in [2.24, 2.45) is 0 Å². The summed E-state index contributed by atoms with van der Waals surface area (Å²) in [6.07, 6.45) is 0.390. The first-order valence-corrected chi connectivity index (χ1v) is 6.88. The van der Waals surface area contributed by atoms with Crippen LogP contribution in [-0.4, -0.2) is 25.7 Å². The maximum absolute atomic E-state index is 11.7. The maximum atomic E-state index is 11.7. The van der Waals surface area contributed by atoms with Gasteiger partial charge in [-0.2, -0.15) is 0 Å². The van der Waals surface area contributed by atoms with Gasteiger partial charge in [-0.05, 0) is 38.1 Å². The minimum Gasteiger partial charge on any atom is -0.381 e. The van der Waals surface area contributed by atoms with E-state index >= 15 is 0 Å². The van der Waals surface area contributed by atoms with Gasteiger partial charge in [-0.15, -0.1) is 0 Å². The predicted molar refractivity (Wildman–Crippen MR) is 78.3 cm³/mol. The number of benzene rings is 1. The van der Waals surface area contributed by atoms with Gasteiger partial charge < -0.3 is 15.4 Å². The van der Waals surface area contributed by atoms with Crippen molar-refractivity contribution in [3.63, 3.8) is 0 Å². The molecule has 1 unspecified atom stereocenters. The number of nitrogens with one attached hydrogen (secondary N) is 2. The topological polar surface area (TPSA) is 50.4 Å². The number of rotatable bonds is 8. The Morgan fingerprint density at radius 1 is 1.37 bits per heavy atom. The van der Waals surface area contributed by atoms with Crippen LogP contribution in [-0.2, 0) is 9.53 Å². The second kappa shape index (κ2) is 8.67. The molecule has 0 aliphatic heterocycles. The van der Waals surface area contributed by atoms with Crippen LogP contribution in [0.15, 0.2) is 24.3 Å². The molecule has 1 rings (SSSR count). The van der Waals surface area contributed by atoms with Gasteiger partial charge in [-0.3, -0.25) is 4.79 Å². The molecule has 0 aromatic heterocycles. The molecule has 4 nitrogen and oxygen atoms in total. The van der Waals surface area contributed by atoms with E-state index in [4.69, 9.17) is 4.74 Å². The fourth-order valence-electron chi connectivity index (χ4n) is 1.84. The third-order valence-corrected chi connectivity index (χ3v) is 2.86. The Balaban J connectivity index is 2.54. The zero-order valence-corrected chi connectivity index (χ0v) is 12.0. The molecule has 2 N–H and O–H groups in total. The van der Waals surface area contributed by atoms with E-state index < -0.39 is 0 Å². The highest BCUT2D eigenvalue weighted by molar-refractivity contribution is 5.90. The quantitative estimate of drug-likeness (QED) is 0.710. The number of carbonyl (C=O) groups excluding carboxylic acids is 1. The van der Waals surface area contributed by atoms with Gasteiger partial charge in [-0.25, -0.2) is 0 Å². The van der Waals surface area contributed by atoms with Gasteiger partial charge in [0.05, 0.1) is 13.0 Å². The summed E-state index contributed by atoms with van der Waals surface area (Å²) in [6.45, 7) is 8.14. The smallest absolute Gasteiger partial charge is 0.226 e. The number of amides is 1. The van der Waals surface area contributed by atoms with Crippen molar-refractivity contribution < 1.29 is 9.53 Å². The number of ether oxygens (including phenoxy) is 1. The lowest BCUT2D eigenvalue weighted by molar-refractivity contribution is -0.117. The van der Waals surface area contributed by atoms with E-state index in [1.807, 2.05) is 25.1 Å². The molecule has 0 aliphatic carbocycles. The van der Waals surface area contributed by atoms with E-state index in [0.717, 1.165) is 12.2 Å². The monoisotopic (exact) mass is 264 g/mol. The zero-order chi connectivity index (χ0) is 14.1. The van der Waals surface area contributed by atoms with E-state index in [9.17, 15) is 4.79 Å². The van der Waals surface area contributed by atoms with E-state index in [0.29, 0.717) is 19.6 Å². The van der Waals surface area contributed by atoms with Crippen molar-refractivity contribution in [1.82, 2.24) is 5.32 Å². The van der Waals surface area contributed by atoms with Crippen LogP contribution in [0.1, 0.15) is 38.8 Å². The van der Waals surface area contributed by atoms with Crippen molar-refractivity contribution >= 4 is 11.6 Å². The van der Waals surface area contributed by atoms with Crippen molar-refractivity contribution in [1.29, 1.82) is 0 Å². The van der Waals surface area contributed by atoms with Gasteiger partial charge in [-0.1, -0.05) is 19.1 Å². The second-order valence-electron chi connectivity index (χ2n) is 4.40. The minimum atomic E-state index is -0.0123. The normalized spacial score (nSPS) is 12.2. The summed E-state index contributed by atoms with van der Waals surface area (Å²) < 4.78 is 5.16. The molecule has 0 bridgehead atoms. The highest BCUT2D eigenvalue weighted by atomic mass is 16.5. The van der Waals surface area contributed by atoms with E-state index in [1.54, 1.807) is 0 Å². The van der Waals surface area contributed by atoms with Crippen LogP contribution in [0.5, 0.6) is 0 Å². The van der Waals surface area contributed by atoms with Gasteiger partial charge in [0.25, 0.3) is 0 Å². The predicted octanol–water partition coefficient (Wildman–Crippen LogP) is 2.72. The summed E-state index contributed by atoms with van der Waals surface area (Å²) in [5, 5.41) is 6.24. The number of carbonyl (C=O) groups is 1. The van der Waals surface area contributed by atoms with Crippen molar-refractivity contribution in [3.05, 3.63) is 29.8 Å². The average Bonchev–Trinajstić information content (AvgIpc) is 2.39. The number of anilines is 1. The molecule has 0 saturated heterocycles. The van der Waals surface area contributed by atoms with Gasteiger partial charge in [0, 0.05) is 18.3 Å². The Morgan fingerprint density at radius 3 is 2.84 bits per heavy atom. The summed E-state index contributed by atoms with van der Waals surface area (Å²) in [6, 6.07) is 8.21. The third kappa shape index (κ3) is 5.85. The van der Waals surface area contributed by atoms with Gasteiger partial charge in [0.2, 0.25) is 5.91 Å². The largest absolute Gasteiger partial charge is 0.381 e. The van der Waals surface area contributed by atoms with E-state index in [2.05, 4.69) is 30.5 Å². The molecule has 0 fully saturated rings. The van der Waals surface area contributed by atoms with Crippen LogP contribution >= 0.6 is 0 Å². The molecule has 19 heavy (non-hydrogen) atoms. The minimum absolute atomic E-state index is 0.0123. The van der Waals surface area contributed by atoms with Gasteiger partial charge in [0.1, 0.15) is 0 Å². The number of hydrogen-bond acceptors (Lipinski definition) is 3. The number of hydrogen-bond donors (Lipinski definition) is 2. The summed E-state index contributed by atoms with van der Waals surface area (Å²) in [4.78, 5) is 11.7. The Morgan fingerprint density at radius 2 is 2.16 bits per heavy atom. The second-order valence-corrected chi connectivity index (χ2v) is 4.40. The molecule has 1 aromatic carbocycles. The lowest BCUT2D eigenvalue weighted by Crippen LogP contribution is -2.18. The SMILES string of the molecule is CCNC(C)c1cccc(NC(=O)CCOCC)c1. The zero-order valence-electron chi connectivity index (χ0n) is 12.0. The molecule has 1 atom stereocenters. The molecule has 0 saturated carbocycles. The molecule has 1 aromatic rings. The fraction of sp³-hybridized carbons (Fsp3) is 0.533. The Hall–Kier alpha value is -1.39. The van der Waals surface area contributed by atoms with Crippen LogP contribution in [0.2, 0.25) is 0 Å². The summed E-state index contributed by atoms with van der Waals surface area (Å²) in [5.74, 6) is -0.0123. The van der Waals surface area contributed by atoms with Crippen LogP contribution in [0.4, 0.5) is 5.69 Å². The highest BCUT2D eigenvalue weighted by Crippen LogP contribution is 2.17. The summed E-state index contributed by atoms with van der Waals surface area (Å²) >= 11 is 0. The van der Waals surface area contributed by atoms with Crippen LogP contribution in [0.3, 0.4) is 0 Å². The summed E-state index contributed by atoms with van der Waals surface area (Å²) in [5.41, 5.74) is 2.01. The first-order valence-electron chi connectivity index (χ1n) is 6.88. The molecule has 1 amide bonds. The lowest BCUT2D eigenvalue weighted by Gasteiger charge is -2.14. The van der Waals surface area contributed by atoms with Crippen molar-refractivity contribution in [3.8, 4) is 0 Å². The van der Waals surface area contributed by atoms with Crippen molar-refractivity contribution in [2.45, 2.75) is 33.2 Å². The van der Waals surface area contributed by atoms with E-state index in [1.165, 1.54) is 5.56 Å². The molecule has 0 spiro atoms. The molecule has 0 heterocycles. The first kappa shape index (κ1) is 15.7. The third-order valence-electron chi connectivity index (χ3n) is 2.86. The van der Waals surface area contributed by atoms with Gasteiger partial charge >= 0.3 is 0 Å². The lowest BCUT2D eigenvalue weighted by atomic mass is 10.1. The first-order chi connectivity index (χ1) is 9.17. The molecule has 106 valence electrons. The molecule has 0 radical (unpaired) electrons. The molecular weight excluding hydrogens is 240 g/mol. The van der Waals surface area contributed by atoms with Gasteiger partial charge in [0.15, 0.2) is 0 Å². The fourth-order valence-corrected chi connectivity index (χ4v) is 1.84. The Bertz CT molecular complexity index is 393. The average molecular weight is 264 g/mol. The van der Waals surface area contributed by atoms with Crippen molar-refractivity contribution in [2.75, 3.05) is 25.1 Å². The molecule has 4 heteroatoms. The Labute approximate surface area is 115 Å².